The Morgan fingerprint density at radius 3 is 1.70 bits per heavy atom. The fraction of sp³-hybridized carbons (Fsp3) is 0.108. The van der Waals surface area contributed by atoms with Crippen molar-refractivity contribution in [1.82, 2.24) is 4.98 Å². The van der Waals surface area contributed by atoms with Gasteiger partial charge < -0.3 is 9.72 Å². The van der Waals surface area contributed by atoms with Gasteiger partial charge in [0.1, 0.15) is 0 Å². The second-order valence-corrected chi connectivity index (χ2v) is 10.3. The number of hydrogen-bond acceptors (Lipinski definition) is 2. The SMILES string of the molecule is COC(=O)c1cc(-c2[nH]c(-c3ccccc3)c(-c3ccccc3)c2-c2ccccc2)c2cccc(C(C)C)cc1-2. The van der Waals surface area contributed by atoms with E-state index in [1.54, 1.807) is 0 Å². The largest absolute Gasteiger partial charge is 0.465 e. The van der Waals surface area contributed by atoms with Gasteiger partial charge in [-0.05, 0) is 45.4 Å². The zero-order chi connectivity index (χ0) is 27.6. The molecule has 3 nitrogen and oxygen atoms in total. The summed E-state index contributed by atoms with van der Waals surface area (Å²) in [6.45, 7) is 4.33. The molecule has 3 heteroatoms. The van der Waals surface area contributed by atoms with Gasteiger partial charge in [-0.2, -0.15) is 0 Å². The van der Waals surface area contributed by atoms with Gasteiger partial charge in [-0.15, -0.1) is 0 Å². The number of nitrogens with one attached hydrogen (secondary N) is 1. The summed E-state index contributed by atoms with van der Waals surface area (Å²) in [6, 6.07) is 41.9. The quantitative estimate of drug-likeness (QED) is 0.222. The van der Waals surface area contributed by atoms with E-state index < -0.39 is 0 Å². The molecule has 0 aliphatic heterocycles. The molecular formula is C37H31NO2. The lowest BCUT2D eigenvalue weighted by atomic mass is 9.91. The van der Waals surface area contributed by atoms with E-state index in [0.717, 1.165) is 55.9 Å². The summed E-state index contributed by atoms with van der Waals surface area (Å²) in [6.07, 6.45) is 0. The molecule has 0 saturated carbocycles. The maximum Gasteiger partial charge on any atom is 0.338 e. The molecule has 196 valence electrons. The van der Waals surface area contributed by atoms with Crippen molar-refractivity contribution in [1.29, 1.82) is 0 Å². The first-order valence-corrected chi connectivity index (χ1v) is 13.6. The molecule has 1 N–H and O–H groups in total. The summed E-state index contributed by atoms with van der Waals surface area (Å²) in [4.78, 5) is 16.9. The molecule has 0 bridgehead atoms. The summed E-state index contributed by atoms with van der Waals surface area (Å²) < 4.78 is 5.26. The van der Waals surface area contributed by atoms with Gasteiger partial charge in [0.05, 0.1) is 24.1 Å². The van der Waals surface area contributed by atoms with Crippen LogP contribution in [-0.4, -0.2) is 18.1 Å². The van der Waals surface area contributed by atoms with Gasteiger partial charge in [-0.25, -0.2) is 4.79 Å². The van der Waals surface area contributed by atoms with Crippen LogP contribution in [0.4, 0.5) is 0 Å². The minimum atomic E-state index is -0.337. The molecule has 0 amide bonds. The summed E-state index contributed by atoms with van der Waals surface area (Å²) >= 11 is 0. The third-order valence-electron chi connectivity index (χ3n) is 7.55. The van der Waals surface area contributed by atoms with Gasteiger partial charge in [-0.3, -0.25) is 0 Å². The first kappa shape index (κ1) is 25.4. The van der Waals surface area contributed by atoms with E-state index >= 15 is 0 Å². The lowest BCUT2D eigenvalue weighted by Crippen LogP contribution is -2.00. The number of fused-ring (bicyclic) bond motifs is 1. The molecule has 0 unspecified atom stereocenters. The predicted octanol–water partition coefficient (Wildman–Crippen LogP) is 9.70. The topological polar surface area (TPSA) is 42.1 Å². The van der Waals surface area contributed by atoms with Crippen molar-refractivity contribution < 1.29 is 9.53 Å². The molecule has 6 rings (SSSR count). The van der Waals surface area contributed by atoms with E-state index in [4.69, 9.17) is 4.74 Å². The van der Waals surface area contributed by atoms with Crippen molar-refractivity contribution in [2.75, 3.05) is 7.11 Å². The Kier molecular flexibility index (Phi) is 6.79. The second-order valence-electron chi connectivity index (χ2n) is 10.3. The number of rotatable bonds is 6. The Labute approximate surface area is 235 Å². The van der Waals surface area contributed by atoms with E-state index in [-0.39, 0.29) is 5.97 Å². The second kappa shape index (κ2) is 10.7. The molecular weight excluding hydrogens is 490 g/mol. The molecule has 1 heterocycles. The van der Waals surface area contributed by atoms with E-state index in [2.05, 4.69) is 116 Å². The standard InChI is InChI=1S/C37H31NO2/c1-24(2)28-20-13-21-29-30(22-28)32(37(39)40-3)23-31(29)36-34(26-16-9-5-10-17-26)33(25-14-7-4-8-15-25)35(38-36)27-18-11-6-12-19-27/h4-24,38H,1-3H3. The highest BCUT2D eigenvalue weighted by molar-refractivity contribution is 6.08. The fourth-order valence-corrected chi connectivity index (χ4v) is 5.55. The van der Waals surface area contributed by atoms with Crippen LogP contribution in [0.5, 0.6) is 0 Å². The molecule has 2 aliphatic carbocycles. The lowest BCUT2D eigenvalue weighted by molar-refractivity contribution is 0.0602. The number of carbonyl (C=O) groups is 1. The number of aromatic nitrogens is 1. The molecule has 3 aromatic carbocycles. The Hall–Kier alpha value is -4.89. The lowest BCUT2D eigenvalue weighted by Gasteiger charge is -2.10. The molecule has 1 aromatic heterocycles. The van der Waals surface area contributed by atoms with E-state index in [0.29, 0.717) is 11.5 Å². The van der Waals surface area contributed by atoms with Crippen LogP contribution in [-0.2, 0) is 4.74 Å². The van der Waals surface area contributed by atoms with Crippen LogP contribution in [0.3, 0.4) is 0 Å². The Morgan fingerprint density at radius 1 is 0.600 bits per heavy atom. The maximum absolute atomic E-state index is 13.1. The normalized spacial score (nSPS) is 11.2. The number of esters is 1. The van der Waals surface area contributed by atoms with Crippen LogP contribution >= 0.6 is 0 Å². The summed E-state index contributed by atoms with van der Waals surface area (Å²) in [5, 5.41) is 0. The van der Waals surface area contributed by atoms with Crippen molar-refractivity contribution in [2.24, 2.45) is 0 Å². The number of aromatic amines is 1. The zero-order valence-corrected chi connectivity index (χ0v) is 22.9. The van der Waals surface area contributed by atoms with Crippen molar-refractivity contribution in [2.45, 2.75) is 19.8 Å². The zero-order valence-electron chi connectivity index (χ0n) is 22.9. The molecule has 0 fully saturated rings. The maximum atomic E-state index is 13.1. The molecule has 0 saturated heterocycles. The van der Waals surface area contributed by atoms with Crippen LogP contribution in [0.2, 0.25) is 0 Å². The van der Waals surface area contributed by atoms with Gasteiger partial charge in [0, 0.05) is 16.7 Å². The van der Waals surface area contributed by atoms with Gasteiger partial charge in [0.25, 0.3) is 0 Å². The average Bonchev–Trinajstić information content (AvgIpc) is 3.48. The third-order valence-corrected chi connectivity index (χ3v) is 7.55. The Morgan fingerprint density at radius 2 is 1.15 bits per heavy atom. The summed E-state index contributed by atoms with van der Waals surface area (Å²) in [5.74, 6) is -0.0179. The minimum absolute atomic E-state index is 0.319. The molecule has 40 heavy (non-hydrogen) atoms. The van der Waals surface area contributed by atoms with Crippen LogP contribution in [0.15, 0.2) is 121 Å². The van der Waals surface area contributed by atoms with Crippen molar-refractivity contribution in [3.05, 3.63) is 132 Å². The van der Waals surface area contributed by atoms with E-state index in [9.17, 15) is 4.79 Å². The number of hydrogen-bond donors (Lipinski definition) is 1. The molecule has 4 aromatic rings. The number of methoxy groups -OCH3 is 1. The van der Waals surface area contributed by atoms with E-state index in [1.807, 2.05) is 24.3 Å². The number of carbonyl (C=O) groups excluding carboxylic acids is 1. The minimum Gasteiger partial charge on any atom is -0.465 e. The predicted molar refractivity (Wildman–Crippen MR) is 165 cm³/mol. The van der Waals surface area contributed by atoms with Crippen LogP contribution in [0.25, 0.3) is 55.9 Å². The van der Waals surface area contributed by atoms with Crippen molar-refractivity contribution in [3.8, 4) is 55.9 Å². The monoisotopic (exact) mass is 521 g/mol. The third kappa shape index (κ3) is 4.50. The van der Waals surface area contributed by atoms with Crippen LogP contribution in [0.1, 0.15) is 35.7 Å². The summed E-state index contributed by atoms with van der Waals surface area (Å²) in [7, 11) is 1.44. The Balaban J connectivity index is 1.73. The highest BCUT2D eigenvalue weighted by atomic mass is 16.5. The first-order valence-electron chi connectivity index (χ1n) is 13.6. The highest BCUT2D eigenvalue weighted by Gasteiger charge is 2.28. The smallest absolute Gasteiger partial charge is 0.338 e. The number of H-pyrrole nitrogens is 1. The first-order chi connectivity index (χ1) is 19.6. The Bertz CT molecular complexity index is 1750. The average molecular weight is 522 g/mol. The van der Waals surface area contributed by atoms with Gasteiger partial charge >= 0.3 is 5.97 Å². The van der Waals surface area contributed by atoms with Crippen LogP contribution in [0, 0.1) is 0 Å². The van der Waals surface area contributed by atoms with Gasteiger partial charge in [0.15, 0.2) is 0 Å². The molecule has 0 radical (unpaired) electrons. The highest BCUT2D eigenvalue weighted by Crippen LogP contribution is 2.49. The fourth-order valence-electron chi connectivity index (χ4n) is 5.55. The van der Waals surface area contributed by atoms with Gasteiger partial charge in [-0.1, -0.05) is 129 Å². The van der Waals surface area contributed by atoms with Gasteiger partial charge in [0.2, 0.25) is 0 Å². The number of ether oxygens (including phenoxy) is 1. The molecule has 2 aliphatic rings. The molecule has 0 atom stereocenters. The van der Waals surface area contributed by atoms with Crippen molar-refractivity contribution >= 4 is 5.97 Å². The van der Waals surface area contributed by atoms with E-state index in [1.165, 1.54) is 12.7 Å². The van der Waals surface area contributed by atoms with Crippen molar-refractivity contribution in [3.63, 3.8) is 0 Å². The number of benzene rings is 3. The summed E-state index contributed by atoms with van der Waals surface area (Å²) in [5.41, 5.74) is 12.2. The molecule has 0 spiro atoms. The van der Waals surface area contributed by atoms with Crippen LogP contribution < -0.4 is 0 Å².